The van der Waals surface area contributed by atoms with E-state index < -0.39 is 10.0 Å². The molecule has 0 saturated heterocycles. The quantitative estimate of drug-likeness (QED) is 0.446. The zero-order valence-corrected chi connectivity index (χ0v) is 12.5. The molecule has 7 nitrogen and oxygen atoms in total. The zero-order valence-electron chi connectivity index (χ0n) is 11.7. The van der Waals surface area contributed by atoms with E-state index in [0.717, 1.165) is 5.69 Å². The number of benzene rings is 1. The molecule has 0 saturated carbocycles. The van der Waals surface area contributed by atoms with E-state index in [-0.39, 0.29) is 10.6 Å². The third-order valence-electron chi connectivity index (χ3n) is 2.58. The van der Waals surface area contributed by atoms with Crippen LogP contribution in [0.1, 0.15) is 0 Å². The molecule has 1 aromatic rings. The molecule has 0 atom stereocenters. The summed E-state index contributed by atoms with van der Waals surface area (Å²) in [5.74, 6) is 0. The number of anilines is 2. The maximum Gasteiger partial charge on any atom is 0.242 e. The van der Waals surface area contributed by atoms with Gasteiger partial charge in [-0.1, -0.05) is 0 Å². The first kappa shape index (κ1) is 16.7. The Bertz CT molecular complexity index is 519. The highest BCUT2D eigenvalue weighted by Crippen LogP contribution is 2.21. The fourth-order valence-corrected chi connectivity index (χ4v) is 2.36. The van der Waals surface area contributed by atoms with Crippen LogP contribution < -0.4 is 15.8 Å². The normalized spacial score (nSPS) is 11.5. The molecule has 0 aliphatic rings. The predicted molar refractivity (Wildman–Crippen MR) is 78.3 cm³/mol. The summed E-state index contributed by atoms with van der Waals surface area (Å²) in [6, 6.07) is 4.71. The van der Waals surface area contributed by atoms with Gasteiger partial charge in [-0.05, 0) is 25.2 Å². The van der Waals surface area contributed by atoms with Gasteiger partial charge in [0.15, 0.2) is 0 Å². The van der Waals surface area contributed by atoms with Crippen LogP contribution in [0.15, 0.2) is 23.1 Å². The molecule has 0 heterocycles. The van der Waals surface area contributed by atoms with E-state index in [1.54, 1.807) is 19.2 Å². The van der Waals surface area contributed by atoms with Crippen LogP contribution in [0.5, 0.6) is 0 Å². The first-order valence-electron chi connectivity index (χ1n) is 6.15. The van der Waals surface area contributed by atoms with Crippen LogP contribution in [0.2, 0.25) is 0 Å². The van der Waals surface area contributed by atoms with Gasteiger partial charge < -0.3 is 20.5 Å². The maximum absolute atomic E-state index is 11.7. The average Bonchev–Trinajstić information content (AvgIpc) is 2.42. The van der Waals surface area contributed by atoms with Crippen LogP contribution in [-0.2, 0) is 19.5 Å². The summed E-state index contributed by atoms with van der Waals surface area (Å²) in [7, 11) is -0.561. The van der Waals surface area contributed by atoms with Crippen LogP contribution in [0.25, 0.3) is 0 Å². The van der Waals surface area contributed by atoms with E-state index in [1.165, 1.54) is 13.1 Å². The van der Waals surface area contributed by atoms with Crippen LogP contribution in [0.4, 0.5) is 11.4 Å². The Morgan fingerprint density at radius 2 is 2.00 bits per heavy atom. The highest BCUT2D eigenvalue weighted by Gasteiger charge is 2.14. The Labute approximate surface area is 119 Å². The first-order valence-corrected chi connectivity index (χ1v) is 7.63. The monoisotopic (exact) mass is 303 g/mol. The van der Waals surface area contributed by atoms with Crippen LogP contribution in [0.3, 0.4) is 0 Å². The summed E-state index contributed by atoms with van der Waals surface area (Å²) >= 11 is 0. The molecular weight excluding hydrogens is 282 g/mol. The second-order valence-corrected chi connectivity index (χ2v) is 5.85. The number of hydrogen-bond donors (Lipinski definition) is 3. The third-order valence-corrected chi connectivity index (χ3v) is 4.06. The van der Waals surface area contributed by atoms with Crippen molar-refractivity contribution in [1.29, 1.82) is 0 Å². The third kappa shape index (κ3) is 4.97. The standard InChI is InChI=1S/C12H21N3O4S/c1-14-20(16,17)12-4-3-10(9-11(12)13)15-5-6-19-8-7-18-2/h3-4,9,14-15H,5-8,13H2,1-2H3. The van der Waals surface area contributed by atoms with E-state index in [1.807, 2.05) is 0 Å². The molecule has 1 rings (SSSR count). The van der Waals surface area contributed by atoms with Gasteiger partial charge in [0.25, 0.3) is 0 Å². The number of nitrogens with one attached hydrogen (secondary N) is 2. The molecule has 20 heavy (non-hydrogen) atoms. The minimum absolute atomic E-state index is 0.0712. The molecule has 0 unspecified atom stereocenters. The van der Waals surface area contributed by atoms with Gasteiger partial charge in [0, 0.05) is 19.3 Å². The summed E-state index contributed by atoms with van der Waals surface area (Å²) in [6.07, 6.45) is 0. The lowest BCUT2D eigenvalue weighted by Crippen LogP contribution is -2.20. The fourth-order valence-electron chi connectivity index (χ4n) is 1.52. The van der Waals surface area contributed by atoms with Gasteiger partial charge in [-0.25, -0.2) is 13.1 Å². The Kier molecular flexibility index (Phi) is 6.73. The lowest BCUT2D eigenvalue weighted by atomic mass is 10.3. The lowest BCUT2D eigenvalue weighted by Gasteiger charge is -2.10. The highest BCUT2D eigenvalue weighted by molar-refractivity contribution is 7.89. The van der Waals surface area contributed by atoms with Gasteiger partial charge in [0.05, 0.1) is 25.5 Å². The Morgan fingerprint density at radius 1 is 1.25 bits per heavy atom. The van der Waals surface area contributed by atoms with E-state index in [4.69, 9.17) is 15.2 Å². The summed E-state index contributed by atoms with van der Waals surface area (Å²) < 4.78 is 35.7. The molecule has 0 fully saturated rings. The summed E-state index contributed by atoms with van der Waals surface area (Å²) in [4.78, 5) is 0.0712. The lowest BCUT2D eigenvalue weighted by molar-refractivity contribution is 0.0759. The fraction of sp³-hybridized carbons (Fsp3) is 0.500. The Morgan fingerprint density at radius 3 is 2.60 bits per heavy atom. The number of ether oxygens (including phenoxy) is 2. The molecule has 0 amide bonds. The van der Waals surface area contributed by atoms with Crippen molar-refractivity contribution in [3.63, 3.8) is 0 Å². The zero-order chi connectivity index (χ0) is 15.0. The van der Waals surface area contributed by atoms with Gasteiger partial charge in [-0.15, -0.1) is 0 Å². The topological polar surface area (TPSA) is 103 Å². The Hall–Kier alpha value is -1.35. The summed E-state index contributed by atoms with van der Waals surface area (Å²) in [5, 5.41) is 3.10. The summed E-state index contributed by atoms with van der Waals surface area (Å²) in [5.41, 5.74) is 6.69. The van der Waals surface area contributed by atoms with Crippen molar-refractivity contribution in [2.45, 2.75) is 4.90 Å². The van der Waals surface area contributed by atoms with Crippen molar-refractivity contribution in [2.75, 3.05) is 51.6 Å². The molecule has 0 spiro atoms. The molecule has 0 aromatic heterocycles. The smallest absolute Gasteiger partial charge is 0.242 e. The minimum Gasteiger partial charge on any atom is -0.398 e. The average molecular weight is 303 g/mol. The van der Waals surface area contributed by atoms with Crippen LogP contribution in [-0.4, -0.2) is 48.9 Å². The number of methoxy groups -OCH3 is 1. The molecule has 114 valence electrons. The molecule has 1 aromatic carbocycles. The van der Waals surface area contributed by atoms with E-state index in [0.29, 0.717) is 26.4 Å². The molecular formula is C12H21N3O4S. The van der Waals surface area contributed by atoms with Gasteiger partial charge >= 0.3 is 0 Å². The SMILES string of the molecule is CNS(=O)(=O)c1ccc(NCCOCCOC)cc1N. The van der Waals surface area contributed by atoms with Crippen molar-refractivity contribution in [3.05, 3.63) is 18.2 Å². The largest absolute Gasteiger partial charge is 0.398 e. The van der Waals surface area contributed by atoms with E-state index in [2.05, 4.69) is 10.0 Å². The van der Waals surface area contributed by atoms with Crippen molar-refractivity contribution in [3.8, 4) is 0 Å². The number of rotatable bonds is 9. The molecule has 8 heteroatoms. The van der Waals surface area contributed by atoms with Crippen LogP contribution in [0, 0.1) is 0 Å². The summed E-state index contributed by atoms with van der Waals surface area (Å²) in [6.45, 7) is 2.23. The second-order valence-electron chi connectivity index (χ2n) is 3.99. The highest BCUT2D eigenvalue weighted by atomic mass is 32.2. The predicted octanol–water partition coefficient (Wildman–Crippen LogP) is 0.252. The van der Waals surface area contributed by atoms with Gasteiger partial charge in [0.1, 0.15) is 4.90 Å². The van der Waals surface area contributed by atoms with Gasteiger partial charge in [-0.2, -0.15) is 0 Å². The second kappa shape index (κ2) is 8.05. The van der Waals surface area contributed by atoms with Crippen LogP contribution >= 0.6 is 0 Å². The molecule has 4 N–H and O–H groups in total. The first-order chi connectivity index (χ1) is 9.51. The Balaban J connectivity index is 2.52. The van der Waals surface area contributed by atoms with E-state index >= 15 is 0 Å². The molecule has 0 aliphatic heterocycles. The van der Waals surface area contributed by atoms with Crippen molar-refractivity contribution < 1.29 is 17.9 Å². The van der Waals surface area contributed by atoms with Crippen molar-refractivity contribution in [2.24, 2.45) is 0 Å². The molecule has 0 radical (unpaired) electrons. The van der Waals surface area contributed by atoms with Crippen molar-refractivity contribution >= 4 is 21.4 Å². The van der Waals surface area contributed by atoms with Crippen molar-refractivity contribution in [1.82, 2.24) is 4.72 Å². The number of nitrogen functional groups attached to an aromatic ring is 1. The van der Waals surface area contributed by atoms with Gasteiger partial charge in [0.2, 0.25) is 10.0 Å². The number of hydrogen-bond acceptors (Lipinski definition) is 6. The number of sulfonamides is 1. The molecule has 0 bridgehead atoms. The molecule has 0 aliphatic carbocycles. The van der Waals surface area contributed by atoms with Gasteiger partial charge in [-0.3, -0.25) is 0 Å². The maximum atomic E-state index is 11.7. The van der Waals surface area contributed by atoms with E-state index in [9.17, 15) is 8.42 Å². The minimum atomic E-state index is -3.52. The number of nitrogens with two attached hydrogens (primary N) is 1.